The number of amides is 2. The highest BCUT2D eigenvalue weighted by molar-refractivity contribution is 6.25. The van der Waals surface area contributed by atoms with Crippen LogP contribution in [0.5, 0.6) is 0 Å². The van der Waals surface area contributed by atoms with Gasteiger partial charge >= 0.3 is 0 Å². The lowest BCUT2D eigenvalue weighted by molar-refractivity contribution is 0.0693. The van der Waals surface area contributed by atoms with E-state index in [1.165, 1.54) is 11.9 Å². The van der Waals surface area contributed by atoms with Crippen molar-refractivity contribution < 1.29 is 9.59 Å². The molecule has 0 saturated heterocycles. The fourth-order valence-corrected chi connectivity index (χ4v) is 6.46. The van der Waals surface area contributed by atoms with Crippen LogP contribution in [0.15, 0.2) is 91.0 Å². The number of aromatic nitrogens is 1. The van der Waals surface area contributed by atoms with E-state index >= 15 is 0 Å². The minimum Gasteiger partial charge on any atom is -0.308 e. The van der Waals surface area contributed by atoms with E-state index in [2.05, 4.69) is 28.8 Å². The fourth-order valence-electron chi connectivity index (χ4n) is 6.46. The summed E-state index contributed by atoms with van der Waals surface area (Å²) in [6.07, 6.45) is 0. The molecule has 0 atom stereocenters. The van der Waals surface area contributed by atoms with E-state index in [1.54, 1.807) is 6.07 Å². The molecule has 6 aromatic rings. The summed E-state index contributed by atoms with van der Waals surface area (Å²) in [6.45, 7) is 4.01. The predicted molar refractivity (Wildman–Crippen MR) is 167 cm³/mol. The van der Waals surface area contributed by atoms with Crippen molar-refractivity contribution in [2.75, 3.05) is 7.05 Å². The standard InChI is InChI=1S/C37H24N4O2/c1-21-17-23(19-38)13-15-25(21)27-7-4-10-30-33(27)34-28(26-16-14-24(20-39)18-22(26)2)8-5-11-31(34)41(30)32-12-6-9-29-35(32)37(43)40(3)36(29)42/h4-18H,1-3H3. The maximum Gasteiger partial charge on any atom is 0.263 e. The Morgan fingerprint density at radius 2 is 1.07 bits per heavy atom. The number of hydrogen-bond donors (Lipinski definition) is 0. The van der Waals surface area contributed by atoms with E-state index in [0.717, 1.165) is 55.2 Å². The summed E-state index contributed by atoms with van der Waals surface area (Å²) >= 11 is 0. The van der Waals surface area contributed by atoms with Gasteiger partial charge in [0.2, 0.25) is 0 Å². The van der Waals surface area contributed by atoms with Crippen molar-refractivity contribution in [1.82, 2.24) is 9.47 Å². The normalized spacial score (nSPS) is 12.5. The molecular formula is C37H24N4O2. The molecule has 5 aromatic carbocycles. The summed E-state index contributed by atoms with van der Waals surface area (Å²) in [6, 6.07) is 33.5. The van der Waals surface area contributed by atoms with E-state index in [9.17, 15) is 20.1 Å². The number of nitriles is 2. The van der Waals surface area contributed by atoms with E-state index < -0.39 is 0 Å². The second-order valence-electron chi connectivity index (χ2n) is 10.9. The minimum absolute atomic E-state index is 0.314. The maximum absolute atomic E-state index is 13.4. The highest BCUT2D eigenvalue weighted by Gasteiger charge is 2.36. The Balaban J connectivity index is 1.66. The smallest absolute Gasteiger partial charge is 0.263 e. The van der Waals surface area contributed by atoms with Gasteiger partial charge in [0.05, 0.1) is 51.1 Å². The third-order valence-electron chi connectivity index (χ3n) is 8.44. The number of fused-ring (bicyclic) bond motifs is 4. The quantitative estimate of drug-likeness (QED) is 0.209. The Labute approximate surface area is 248 Å². The average molecular weight is 557 g/mol. The van der Waals surface area contributed by atoms with Crippen LogP contribution in [-0.2, 0) is 0 Å². The molecule has 0 aliphatic carbocycles. The van der Waals surface area contributed by atoms with Gasteiger partial charge in [0.1, 0.15) is 0 Å². The predicted octanol–water partition coefficient (Wildman–Crippen LogP) is 7.70. The molecule has 43 heavy (non-hydrogen) atoms. The first kappa shape index (κ1) is 26.0. The van der Waals surface area contributed by atoms with Gasteiger partial charge in [-0.1, -0.05) is 42.5 Å². The molecule has 0 unspecified atom stereocenters. The molecule has 2 amide bonds. The second kappa shape index (κ2) is 9.55. The summed E-state index contributed by atoms with van der Waals surface area (Å²) in [5.41, 5.74) is 10.3. The number of carbonyl (C=O) groups is 2. The molecular weight excluding hydrogens is 532 g/mol. The summed E-state index contributed by atoms with van der Waals surface area (Å²) in [5.74, 6) is -0.644. The molecule has 204 valence electrons. The van der Waals surface area contributed by atoms with Crippen LogP contribution in [0, 0.1) is 36.5 Å². The molecule has 0 bridgehead atoms. The van der Waals surface area contributed by atoms with Gasteiger partial charge < -0.3 is 4.57 Å². The van der Waals surface area contributed by atoms with Gasteiger partial charge in [0.25, 0.3) is 11.8 Å². The van der Waals surface area contributed by atoms with Crippen molar-refractivity contribution in [1.29, 1.82) is 10.5 Å². The average Bonchev–Trinajstić information content (AvgIpc) is 3.48. The van der Waals surface area contributed by atoms with Crippen LogP contribution < -0.4 is 0 Å². The summed E-state index contributed by atoms with van der Waals surface area (Å²) in [5, 5.41) is 21.0. The first-order valence-electron chi connectivity index (χ1n) is 13.9. The van der Waals surface area contributed by atoms with Crippen molar-refractivity contribution in [3.05, 3.63) is 124 Å². The van der Waals surface area contributed by atoms with Crippen LogP contribution in [-0.4, -0.2) is 28.3 Å². The highest BCUT2D eigenvalue weighted by atomic mass is 16.2. The molecule has 0 fully saturated rings. The summed E-state index contributed by atoms with van der Waals surface area (Å²) in [4.78, 5) is 27.6. The van der Waals surface area contributed by atoms with Crippen molar-refractivity contribution in [2.24, 2.45) is 0 Å². The monoisotopic (exact) mass is 556 g/mol. The second-order valence-corrected chi connectivity index (χ2v) is 10.9. The van der Waals surface area contributed by atoms with E-state index in [4.69, 9.17) is 0 Å². The molecule has 2 heterocycles. The van der Waals surface area contributed by atoms with Gasteiger partial charge in [-0.15, -0.1) is 0 Å². The Morgan fingerprint density at radius 3 is 1.56 bits per heavy atom. The number of benzene rings is 5. The summed E-state index contributed by atoms with van der Waals surface area (Å²) < 4.78 is 2.08. The zero-order valence-electron chi connectivity index (χ0n) is 23.8. The van der Waals surface area contributed by atoms with Crippen LogP contribution in [0.3, 0.4) is 0 Å². The number of carbonyl (C=O) groups excluding carboxylic acids is 2. The molecule has 0 N–H and O–H groups in total. The Bertz CT molecular complexity index is 2170. The molecule has 1 aliphatic rings. The SMILES string of the molecule is Cc1cc(C#N)ccc1-c1cccc2c1c1c(-c3ccc(C#N)cc3C)cccc1n2-c1cccc2c1C(=O)N(C)C2=O. The number of aryl methyl sites for hydroxylation is 2. The number of rotatable bonds is 3. The van der Waals surface area contributed by atoms with Crippen molar-refractivity contribution in [2.45, 2.75) is 13.8 Å². The lowest BCUT2D eigenvalue weighted by atomic mass is 9.91. The van der Waals surface area contributed by atoms with Gasteiger partial charge in [0.15, 0.2) is 0 Å². The van der Waals surface area contributed by atoms with Crippen molar-refractivity contribution in [3.63, 3.8) is 0 Å². The lowest BCUT2D eigenvalue weighted by Crippen LogP contribution is -2.24. The Morgan fingerprint density at radius 1 is 0.581 bits per heavy atom. The zero-order chi connectivity index (χ0) is 30.0. The van der Waals surface area contributed by atoms with Gasteiger partial charge in [0, 0.05) is 17.8 Å². The van der Waals surface area contributed by atoms with Gasteiger partial charge in [-0.25, -0.2) is 0 Å². The van der Waals surface area contributed by atoms with Crippen LogP contribution in [0.25, 0.3) is 49.7 Å². The highest BCUT2D eigenvalue weighted by Crippen LogP contribution is 2.45. The molecule has 0 spiro atoms. The third kappa shape index (κ3) is 3.71. The van der Waals surface area contributed by atoms with E-state index in [-0.39, 0.29) is 11.8 Å². The zero-order valence-corrected chi connectivity index (χ0v) is 23.8. The van der Waals surface area contributed by atoms with Gasteiger partial charge in [-0.05, 0) is 95.8 Å². The molecule has 6 nitrogen and oxygen atoms in total. The number of imide groups is 1. The summed E-state index contributed by atoms with van der Waals surface area (Å²) in [7, 11) is 1.51. The van der Waals surface area contributed by atoms with Crippen LogP contribution in [0.2, 0.25) is 0 Å². The Kier molecular flexibility index (Phi) is 5.76. The largest absolute Gasteiger partial charge is 0.308 e. The molecule has 7 rings (SSSR count). The van der Waals surface area contributed by atoms with Crippen LogP contribution in [0.4, 0.5) is 0 Å². The third-order valence-corrected chi connectivity index (χ3v) is 8.44. The Hall–Kier alpha value is -5.98. The van der Waals surface area contributed by atoms with E-state index in [1.807, 2.05) is 86.6 Å². The van der Waals surface area contributed by atoms with Crippen LogP contribution in [0.1, 0.15) is 43.0 Å². The van der Waals surface area contributed by atoms with Gasteiger partial charge in [-0.3, -0.25) is 14.5 Å². The molecule has 0 saturated carbocycles. The van der Waals surface area contributed by atoms with Crippen molar-refractivity contribution >= 4 is 33.6 Å². The first-order chi connectivity index (χ1) is 20.8. The maximum atomic E-state index is 13.4. The fraction of sp³-hybridized carbons (Fsp3) is 0.0811. The van der Waals surface area contributed by atoms with E-state index in [0.29, 0.717) is 27.9 Å². The first-order valence-corrected chi connectivity index (χ1v) is 13.9. The molecule has 1 aromatic heterocycles. The number of hydrogen-bond acceptors (Lipinski definition) is 4. The topological polar surface area (TPSA) is 89.9 Å². The molecule has 0 radical (unpaired) electrons. The van der Waals surface area contributed by atoms with Crippen LogP contribution >= 0.6 is 0 Å². The minimum atomic E-state index is -0.330. The molecule has 6 heteroatoms. The van der Waals surface area contributed by atoms with Gasteiger partial charge in [-0.2, -0.15) is 10.5 Å². The molecule has 1 aliphatic heterocycles. The lowest BCUT2D eigenvalue weighted by Gasteiger charge is -2.12. The number of nitrogens with zero attached hydrogens (tertiary/aromatic N) is 4. The van der Waals surface area contributed by atoms with Crippen molar-refractivity contribution in [3.8, 4) is 40.1 Å².